The Labute approximate surface area is 136 Å². The van der Waals surface area contributed by atoms with Crippen molar-refractivity contribution >= 4 is 39.1 Å². The number of nitrogens with one attached hydrogen (secondary N) is 1. The summed E-state index contributed by atoms with van der Waals surface area (Å²) < 4.78 is 0.908. The largest absolute Gasteiger partial charge is 0.409 e. The first kappa shape index (κ1) is 15.7. The van der Waals surface area contributed by atoms with Gasteiger partial charge in [-0.2, -0.15) is 0 Å². The molecule has 0 fully saturated rings. The second-order valence-corrected chi connectivity index (χ2v) is 5.85. The molecule has 0 radical (unpaired) electrons. The summed E-state index contributed by atoms with van der Waals surface area (Å²) in [6, 6.07) is 15.3. The molecule has 2 aromatic carbocycles. The molecule has 1 atom stereocenters. The summed E-state index contributed by atoms with van der Waals surface area (Å²) in [4.78, 5) is 0. The predicted octanol–water partition coefficient (Wildman–Crippen LogP) is 4.39. The van der Waals surface area contributed by atoms with Gasteiger partial charge < -0.3 is 16.3 Å². The third-order valence-corrected chi connectivity index (χ3v) is 3.81. The van der Waals surface area contributed by atoms with E-state index in [1.54, 1.807) is 0 Å². The number of oxime groups is 1. The highest BCUT2D eigenvalue weighted by atomic mass is 79.9. The van der Waals surface area contributed by atoms with Gasteiger partial charge in [-0.25, -0.2) is 0 Å². The summed E-state index contributed by atoms with van der Waals surface area (Å²) in [5, 5.41) is 15.8. The Bertz CT molecular complexity index is 634. The van der Waals surface area contributed by atoms with Gasteiger partial charge in [0, 0.05) is 10.9 Å². The van der Waals surface area contributed by atoms with Gasteiger partial charge in [0.1, 0.15) is 5.84 Å². The van der Waals surface area contributed by atoms with Crippen molar-refractivity contribution in [3.63, 3.8) is 0 Å². The van der Waals surface area contributed by atoms with Crippen molar-refractivity contribution in [1.29, 1.82) is 0 Å². The SMILES string of the molecule is NC(CC(Nc1ccc(Br)cc1Cl)c1ccccc1)=NO. The topological polar surface area (TPSA) is 70.6 Å². The molecule has 1 unspecified atom stereocenters. The number of hydrogen-bond donors (Lipinski definition) is 3. The molecule has 21 heavy (non-hydrogen) atoms. The summed E-state index contributed by atoms with van der Waals surface area (Å²) in [5.41, 5.74) is 7.47. The number of halogens is 2. The summed E-state index contributed by atoms with van der Waals surface area (Å²) in [6.07, 6.45) is 0.368. The Morgan fingerprint density at radius 3 is 2.62 bits per heavy atom. The highest BCUT2D eigenvalue weighted by Gasteiger charge is 2.15. The van der Waals surface area contributed by atoms with Crippen molar-refractivity contribution in [2.45, 2.75) is 12.5 Å². The van der Waals surface area contributed by atoms with Crippen molar-refractivity contribution in [3.8, 4) is 0 Å². The molecule has 0 aliphatic heterocycles. The monoisotopic (exact) mass is 367 g/mol. The lowest BCUT2D eigenvalue weighted by Crippen LogP contribution is -2.21. The number of anilines is 1. The van der Waals surface area contributed by atoms with E-state index in [9.17, 15) is 0 Å². The van der Waals surface area contributed by atoms with Crippen LogP contribution in [0.1, 0.15) is 18.0 Å². The number of nitrogens with zero attached hydrogens (tertiary/aromatic N) is 1. The van der Waals surface area contributed by atoms with E-state index in [1.807, 2.05) is 48.5 Å². The van der Waals surface area contributed by atoms with Crippen LogP contribution in [-0.4, -0.2) is 11.0 Å². The Morgan fingerprint density at radius 2 is 2.00 bits per heavy atom. The molecule has 0 spiro atoms. The zero-order valence-corrected chi connectivity index (χ0v) is 13.5. The van der Waals surface area contributed by atoms with Crippen LogP contribution < -0.4 is 11.1 Å². The minimum absolute atomic E-state index is 0.138. The van der Waals surface area contributed by atoms with Gasteiger partial charge in [-0.1, -0.05) is 63.0 Å². The first-order valence-electron chi connectivity index (χ1n) is 6.33. The van der Waals surface area contributed by atoms with Crippen LogP contribution in [0.4, 0.5) is 5.69 Å². The van der Waals surface area contributed by atoms with Crippen LogP contribution in [0.25, 0.3) is 0 Å². The van der Waals surface area contributed by atoms with Gasteiger partial charge in [0.15, 0.2) is 0 Å². The van der Waals surface area contributed by atoms with E-state index in [0.29, 0.717) is 11.4 Å². The van der Waals surface area contributed by atoms with E-state index in [2.05, 4.69) is 26.4 Å². The Morgan fingerprint density at radius 1 is 1.29 bits per heavy atom. The molecule has 2 aromatic rings. The molecule has 0 saturated heterocycles. The van der Waals surface area contributed by atoms with Crippen LogP contribution in [0, 0.1) is 0 Å². The van der Waals surface area contributed by atoms with Crippen LogP contribution in [0.3, 0.4) is 0 Å². The standard InChI is InChI=1S/C15H15BrClN3O/c16-11-6-7-13(12(17)8-11)19-14(9-15(18)20-21)10-4-2-1-3-5-10/h1-8,14,19,21H,9H2,(H2,18,20). The van der Waals surface area contributed by atoms with Crippen LogP contribution in [0.2, 0.25) is 5.02 Å². The summed E-state index contributed by atoms with van der Waals surface area (Å²) in [7, 11) is 0. The van der Waals surface area contributed by atoms with Crippen molar-refractivity contribution in [3.05, 3.63) is 63.6 Å². The fourth-order valence-corrected chi connectivity index (χ4v) is 2.71. The maximum atomic E-state index is 8.79. The molecule has 6 heteroatoms. The van der Waals surface area contributed by atoms with Gasteiger partial charge in [-0.05, 0) is 23.8 Å². The summed E-state index contributed by atoms with van der Waals surface area (Å²) in [6.45, 7) is 0. The Balaban J connectivity index is 2.27. The lowest BCUT2D eigenvalue weighted by Gasteiger charge is -2.20. The summed E-state index contributed by atoms with van der Waals surface area (Å²) in [5.74, 6) is 0.157. The highest BCUT2D eigenvalue weighted by molar-refractivity contribution is 9.10. The average molecular weight is 369 g/mol. The lowest BCUT2D eigenvalue weighted by molar-refractivity contribution is 0.316. The van der Waals surface area contributed by atoms with Gasteiger partial charge in [0.25, 0.3) is 0 Å². The van der Waals surface area contributed by atoms with Crippen molar-refractivity contribution in [2.24, 2.45) is 10.9 Å². The first-order valence-corrected chi connectivity index (χ1v) is 7.50. The van der Waals surface area contributed by atoms with Crippen LogP contribution in [0.15, 0.2) is 58.2 Å². The van der Waals surface area contributed by atoms with E-state index in [0.717, 1.165) is 15.7 Å². The van der Waals surface area contributed by atoms with E-state index in [-0.39, 0.29) is 11.9 Å². The van der Waals surface area contributed by atoms with Gasteiger partial charge in [-0.3, -0.25) is 0 Å². The maximum absolute atomic E-state index is 8.79. The van der Waals surface area contributed by atoms with Crippen LogP contribution >= 0.6 is 27.5 Å². The number of hydrogen-bond acceptors (Lipinski definition) is 3. The zero-order valence-electron chi connectivity index (χ0n) is 11.1. The highest BCUT2D eigenvalue weighted by Crippen LogP contribution is 2.30. The second kappa shape index (κ2) is 7.33. The van der Waals surface area contributed by atoms with Gasteiger partial charge in [0.2, 0.25) is 0 Å². The van der Waals surface area contributed by atoms with E-state index < -0.39 is 0 Å². The van der Waals surface area contributed by atoms with Crippen LogP contribution in [-0.2, 0) is 0 Å². The molecule has 0 aliphatic carbocycles. The molecule has 4 N–H and O–H groups in total. The first-order chi connectivity index (χ1) is 10.1. The normalized spacial score (nSPS) is 13.0. The Hall–Kier alpha value is -1.72. The smallest absolute Gasteiger partial charge is 0.141 e. The molecule has 0 bridgehead atoms. The summed E-state index contributed by atoms with van der Waals surface area (Å²) >= 11 is 9.60. The molecule has 2 rings (SSSR count). The second-order valence-electron chi connectivity index (χ2n) is 4.53. The predicted molar refractivity (Wildman–Crippen MR) is 90.0 cm³/mol. The molecule has 0 amide bonds. The number of amidine groups is 1. The molecule has 0 aromatic heterocycles. The van der Waals surface area contributed by atoms with Crippen molar-refractivity contribution < 1.29 is 5.21 Å². The molecular formula is C15H15BrClN3O. The number of rotatable bonds is 5. The molecule has 0 heterocycles. The van der Waals surface area contributed by atoms with Crippen molar-refractivity contribution in [1.82, 2.24) is 0 Å². The Kier molecular flexibility index (Phi) is 5.47. The zero-order chi connectivity index (χ0) is 15.2. The quantitative estimate of drug-likeness (QED) is 0.317. The third-order valence-electron chi connectivity index (χ3n) is 3.00. The molecule has 0 aliphatic rings. The fourth-order valence-electron chi connectivity index (χ4n) is 1.98. The third kappa shape index (κ3) is 4.37. The fraction of sp³-hybridized carbons (Fsp3) is 0.133. The van der Waals surface area contributed by atoms with E-state index >= 15 is 0 Å². The van der Waals surface area contributed by atoms with Gasteiger partial charge in [0.05, 0.1) is 16.8 Å². The van der Waals surface area contributed by atoms with Crippen molar-refractivity contribution in [2.75, 3.05) is 5.32 Å². The van der Waals surface area contributed by atoms with Crippen LogP contribution in [0.5, 0.6) is 0 Å². The molecule has 4 nitrogen and oxygen atoms in total. The lowest BCUT2D eigenvalue weighted by atomic mass is 10.0. The van der Waals surface area contributed by atoms with Gasteiger partial charge in [-0.15, -0.1) is 0 Å². The minimum atomic E-state index is -0.138. The molecule has 0 saturated carbocycles. The molecule has 110 valence electrons. The molecular weight excluding hydrogens is 354 g/mol. The number of nitrogens with two attached hydrogens (primary N) is 1. The average Bonchev–Trinajstić information content (AvgIpc) is 2.49. The van der Waals surface area contributed by atoms with E-state index in [1.165, 1.54) is 0 Å². The number of benzene rings is 2. The minimum Gasteiger partial charge on any atom is -0.409 e. The maximum Gasteiger partial charge on any atom is 0.141 e. The van der Waals surface area contributed by atoms with Gasteiger partial charge >= 0.3 is 0 Å². The van der Waals surface area contributed by atoms with E-state index in [4.69, 9.17) is 22.5 Å².